The van der Waals surface area contributed by atoms with Gasteiger partial charge in [-0.3, -0.25) is 0 Å². The maximum absolute atomic E-state index is 5.56. The summed E-state index contributed by atoms with van der Waals surface area (Å²) in [5, 5.41) is 3.20. The molecule has 1 N–H and O–H groups in total. The molecule has 0 amide bonds. The van der Waals surface area contributed by atoms with Crippen LogP contribution in [0.1, 0.15) is 19.4 Å². The van der Waals surface area contributed by atoms with Gasteiger partial charge in [0.2, 0.25) is 0 Å². The van der Waals surface area contributed by atoms with Crippen LogP contribution in [0.2, 0.25) is 0 Å². The van der Waals surface area contributed by atoms with Gasteiger partial charge in [0.15, 0.2) is 11.5 Å². The second-order valence-corrected chi connectivity index (χ2v) is 4.91. The molecule has 0 aromatic heterocycles. The largest absolute Gasteiger partial charge is 0.493 e. The minimum atomic E-state index is 0.475. The van der Waals surface area contributed by atoms with Crippen LogP contribution >= 0.6 is 0 Å². The van der Waals surface area contributed by atoms with Gasteiger partial charge >= 0.3 is 0 Å². The molecule has 0 aliphatic carbocycles. The average molecular weight is 275 g/mol. The van der Waals surface area contributed by atoms with Crippen molar-refractivity contribution in [1.29, 1.82) is 0 Å². The van der Waals surface area contributed by atoms with E-state index >= 15 is 0 Å². The Balaban J connectivity index is 3.01. The highest BCUT2D eigenvalue weighted by atomic mass is 16.5. The first-order valence-corrected chi connectivity index (χ1v) is 6.89. The van der Waals surface area contributed by atoms with E-state index in [-0.39, 0.29) is 0 Å². The Hall–Kier alpha value is -1.74. The van der Waals surface area contributed by atoms with E-state index in [1.54, 1.807) is 13.2 Å². The lowest BCUT2D eigenvalue weighted by Crippen LogP contribution is -2.13. The molecule has 0 fully saturated rings. The molecule has 3 heteroatoms. The van der Waals surface area contributed by atoms with Crippen LogP contribution in [0.15, 0.2) is 36.4 Å². The Morgan fingerprint density at radius 3 is 2.65 bits per heavy atom. The van der Waals surface area contributed by atoms with E-state index in [4.69, 9.17) is 9.47 Å². The summed E-state index contributed by atoms with van der Waals surface area (Å²) in [6.07, 6.45) is 3.91. The van der Waals surface area contributed by atoms with E-state index in [0.29, 0.717) is 12.5 Å². The van der Waals surface area contributed by atoms with Crippen molar-refractivity contribution in [1.82, 2.24) is 5.32 Å². The average Bonchev–Trinajstić information content (AvgIpc) is 2.45. The number of likely N-dealkylation sites (N-methyl/N-ethyl adjacent to an activating group) is 1. The summed E-state index contributed by atoms with van der Waals surface area (Å²) in [5.74, 6) is 1.99. The van der Waals surface area contributed by atoms with Gasteiger partial charge in [0.1, 0.15) is 6.61 Å². The Labute approximate surface area is 122 Å². The van der Waals surface area contributed by atoms with E-state index in [9.17, 15) is 0 Å². The van der Waals surface area contributed by atoms with Crippen LogP contribution in [-0.4, -0.2) is 27.3 Å². The Morgan fingerprint density at radius 1 is 1.35 bits per heavy atom. The monoisotopic (exact) mass is 275 g/mol. The van der Waals surface area contributed by atoms with Gasteiger partial charge in [0, 0.05) is 6.54 Å². The first-order valence-electron chi connectivity index (χ1n) is 6.89. The van der Waals surface area contributed by atoms with Crippen LogP contribution in [0, 0.1) is 5.92 Å². The Bertz CT molecular complexity index is 464. The van der Waals surface area contributed by atoms with E-state index < -0.39 is 0 Å². The number of benzene rings is 1. The fourth-order valence-electron chi connectivity index (χ4n) is 1.88. The summed E-state index contributed by atoms with van der Waals surface area (Å²) in [4.78, 5) is 0. The third-order valence-corrected chi connectivity index (χ3v) is 3.02. The molecule has 0 aliphatic rings. The summed E-state index contributed by atoms with van der Waals surface area (Å²) < 4.78 is 10.9. The maximum Gasteiger partial charge on any atom is 0.161 e. The fraction of sp³-hybridized carbons (Fsp3) is 0.412. The van der Waals surface area contributed by atoms with Gasteiger partial charge in [0.05, 0.1) is 7.11 Å². The molecular formula is C17H25NO2. The van der Waals surface area contributed by atoms with Gasteiger partial charge < -0.3 is 14.8 Å². The molecule has 20 heavy (non-hydrogen) atoms. The zero-order valence-corrected chi connectivity index (χ0v) is 12.9. The highest BCUT2D eigenvalue weighted by Crippen LogP contribution is 2.29. The van der Waals surface area contributed by atoms with E-state index in [2.05, 4.69) is 31.8 Å². The molecule has 0 saturated carbocycles. The number of nitrogens with one attached hydrogen (secondary N) is 1. The summed E-state index contributed by atoms with van der Waals surface area (Å²) >= 11 is 0. The molecule has 1 aromatic rings. The van der Waals surface area contributed by atoms with Crippen molar-refractivity contribution in [2.45, 2.75) is 13.8 Å². The first-order chi connectivity index (χ1) is 9.62. The van der Waals surface area contributed by atoms with Crippen molar-refractivity contribution < 1.29 is 9.47 Å². The number of rotatable bonds is 8. The van der Waals surface area contributed by atoms with Gasteiger partial charge in [-0.1, -0.05) is 44.2 Å². The Morgan fingerprint density at radius 2 is 2.10 bits per heavy atom. The second kappa shape index (κ2) is 8.43. The third-order valence-electron chi connectivity index (χ3n) is 3.02. The van der Waals surface area contributed by atoms with Crippen LogP contribution in [-0.2, 0) is 0 Å². The molecule has 110 valence electrons. The molecule has 1 rings (SSSR count). The van der Waals surface area contributed by atoms with Crippen LogP contribution in [0.5, 0.6) is 11.5 Å². The quantitative estimate of drug-likeness (QED) is 0.736. The summed E-state index contributed by atoms with van der Waals surface area (Å²) in [6.45, 7) is 9.40. The summed E-state index contributed by atoms with van der Waals surface area (Å²) in [7, 11) is 3.61. The standard InChI is InChI=1S/C17H25NO2/c1-6-9-20-16-8-7-14(11-17(16)19-5)10-15(12-18-4)13(2)3/h6-8,10-11,13,18H,1,9,12H2,2-5H3. The predicted octanol–water partition coefficient (Wildman–Crippen LogP) is 3.52. The van der Waals surface area contributed by atoms with Crippen LogP contribution in [0.25, 0.3) is 6.08 Å². The molecule has 0 aliphatic heterocycles. The van der Waals surface area contributed by atoms with Crippen molar-refractivity contribution in [3.8, 4) is 11.5 Å². The van der Waals surface area contributed by atoms with Crippen molar-refractivity contribution >= 4 is 6.08 Å². The van der Waals surface area contributed by atoms with Crippen molar-refractivity contribution in [3.63, 3.8) is 0 Å². The van der Waals surface area contributed by atoms with Crippen molar-refractivity contribution in [2.24, 2.45) is 5.92 Å². The molecular weight excluding hydrogens is 250 g/mol. The van der Waals surface area contributed by atoms with Crippen molar-refractivity contribution in [3.05, 3.63) is 42.0 Å². The van der Waals surface area contributed by atoms with Gasteiger partial charge in [-0.25, -0.2) is 0 Å². The number of ether oxygens (including phenoxy) is 2. The minimum absolute atomic E-state index is 0.475. The lowest BCUT2D eigenvalue weighted by Gasteiger charge is -2.13. The molecule has 0 saturated heterocycles. The van der Waals surface area contributed by atoms with Crippen molar-refractivity contribution in [2.75, 3.05) is 27.3 Å². The maximum atomic E-state index is 5.56. The normalized spacial score (nSPS) is 11.6. The van der Waals surface area contributed by atoms with Gasteiger partial charge in [-0.05, 0) is 30.7 Å². The lowest BCUT2D eigenvalue weighted by molar-refractivity contribution is 0.326. The predicted molar refractivity (Wildman–Crippen MR) is 85.4 cm³/mol. The highest BCUT2D eigenvalue weighted by Gasteiger charge is 2.06. The Kier molecular flexibility index (Phi) is 6.88. The molecule has 0 bridgehead atoms. The van der Waals surface area contributed by atoms with Crippen LogP contribution < -0.4 is 14.8 Å². The molecule has 3 nitrogen and oxygen atoms in total. The van der Waals surface area contributed by atoms with E-state index in [1.807, 2.05) is 25.2 Å². The zero-order chi connectivity index (χ0) is 15.0. The fourth-order valence-corrected chi connectivity index (χ4v) is 1.88. The number of hydrogen-bond donors (Lipinski definition) is 1. The van der Waals surface area contributed by atoms with Crippen LogP contribution in [0.4, 0.5) is 0 Å². The zero-order valence-electron chi connectivity index (χ0n) is 12.9. The summed E-state index contributed by atoms with van der Waals surface area (Å²) in [6, 6.07) is 5.97. The molecule has 0 unspecified atom stereocenters. The smallest absolute Gasteiger partial charge is 0.161 e. The number of hydrogen-bond acceptors (Lipinski definition) is 3. The number of methoxy groups -OCH3 is 1. The van der Waals surface area contributed by atoms with E-state index in [1.165, 1.54) is 5.57 Å². The van der Waals surface area contributed by atoms with E-state index in [0.717, 1.165) is 23.6 Å². The molecule has 1 aromatic carbocycles. The van der Waals surface area contributed by atoms with Gasteiger partial charge in [-0.2, -0.15) is 0 Å². The molecule has 0 atom stereocenters. The van der Waals surface area contributed by atoms with Crippen LogP contribution in [0.3, 0.4) is 0 Å². The highest BCUT2D eigenvalue weighted by molar-refractivity contribution is 5.58. The molecule has 0 spiro atoms. The first kappa shape index (κ1) is 16.3. The molecule has 0 radical (unpaired) electrons. The second-order valence-electron chi connectivity index (χ2n) is 4.91. The minimum Gasteiger partial charge on any atom is -0.493 e. The van der Waals surface area contributed by atoms with Gasteiger partial charge in [-0.15, -0.1) is 0 Å². The lowest BCUT2D eigenvalue weighted by atomic mass is 10.00. The van der Waals surface area contributed by atoms with Gasteiger partial charge in [0.25, 0.3) is 0 Å². The third kappa shape index (κ3) is 4.74. The topological polar surface area (TPSA) is 30.5 Å². The summed E-state index contributed by atoms with van der Waals surface area (Å²) in [5.41, 5.74) is 2.47. The molecule has 0 heterocycles. The SMILES string of the molecule is C=CCOc1ccc(C=C(CNC)C(C)C)cc1OC.